The number of alkyl halides is 3. The fourth-order valence-corrected chi connectivity index (χ4v) is 3.01. The minimum atomic E-state index is -4.75. The van der Waals surface area contributed by atoms with Gasteiger partial charge in [0.05, 0.1) is 0 Å². The molecule has 0 aliphatic carbocycles. The molecule has 9 heteroatoms. The number of pyridine rings is 1. The lowest BCUT2D eigenvalue weighted by molar-refractivity contribution is -0.132. The average molecular weight is 387 g/mol. The van der Waals surface area contributed by atoms with Gasteiger partial charge in [0, 0.05) is 11.8 Å². The molecule has 2 aromatic rings. The summed E-state index contributed by atoms with van der Waals surface area (Å²) >= 11 is 0. The van der Waals surface area contributed by atoms with Crippen LogP contribution in [0.5, 0.6) is 11.5 Å². The van der Waals surface area contributed by atoms with Crippen molar-refractivity contribution in [1.29, 1.82) is 0 Å². The number of ether oxygens (including phenoxy) is 1. The summed E-state index contributed by atoms with van der Waals surface area (Å²) in [6, 6.07) is 9.60. The Morgan fingerprint density at radius 3 is 2.61 bits per heavy atom. The average Bonchev–Trinajstić information content (AvgIpc) is 2.67. The molecule has 2 aliphatic rings. The number of dihydropyridines is 1. The van der Waals surface area contributed by atoms with Crippen molar-refractivity contribution in [1.82, 2.24) is 10.3 Å². The zero-order valence-corrected chi connectivity index (χ0v) is 14.1. The first-order chi connectivity index (χ1) is 13.3. The van der Waals surface area contributed by atoms with Crippen LogP contribution < -0.4 is 10.1 Å². The van der Waals surface area contributed by atoms with Crippen LogP contribution in [-0.4, -0.2) is 28.7 Å². The van der Waals surface area contributed by atoms with Crippen molar-refractivity contribution >= 4 is 17.5 Å². The third kappa shape index (κ3) is 3.15. The highest BCUT2D eigenvalue weighted by Gasteiger charge is 2.39. The Balaban J connectivity index is 1.62. The number of fused-ring (bicyclic) bond motifs is 2. The van der Waals surface area contributed by atoms with Gasteiger partial charge in [0.1, 0.15) is 29.1 Å². The number of para-hydroxylation sites is 1. The first-order valence-corrected chi connectivity index (χ1v) is 8.24. The van der Waals surface area contributed by atoms with Crippen LogP contribution in [0.3, 0.4) is 0 Å². The summed E-state index contributed by atoms with van der Waals surface area (Å²) in [5, 5.41) is 2.68. The number of carbonyl (C=O) groups is 2. The van der Waals surface area contributed by atoms with Crippen LogP contribution >= 0.6 is 0 Å². The molecule has 1 aromatic carbocycles. The second kappa shape index (κ2) is 6.59. The van der Waals surface area contributed by atoms with Crippen molar-refractivity contribution in [2.45, 2.75) is 12.2 Å². The number of aromatic nitrogens is 1. The van der Waals surface area contributed by atoms with Crippen LogP contribution in [0.25, 0.3) is 0 Å². The number of allylic oxidation sites excluding steroid dienone is 1. The van der Waals surface area contributed by atoms with Gasteiger partial charge in [0.2, 0.25) is 5.91 Å². The van der Waals surface area contributed by atoms with E-state index in [1.54, 1.807) is 36.4 Å². The summed E-state index contributed by atoms with van der Waals surface area (Å²) in [6.07, 6.45) is -1.69. The largest absolute Gasteiger partial charge is 0.455 e. The molecule has 0 radical (unpaired) electrons. The summed E-state index contributed by atoms with van der Waals surface area (Å²) in [5.74, 6) is -2.45. The number of hydrogen-bond donors (Lipinski definition) is 1. The summed E-state index contributed by atoms with van der Waals surface area (Å²) < 4.78 is 43.8. The SMILES string of the molecule is O=C1N=C(C(F)(F)F)C=CC1C(=O)NC1c2ccccc2Oc2cccnc21. The highest BCUT2D eigenvalue weighted by Crippen LogP contribution is 2.41. The predicted octanol–water partition coefficient (Wildman–Crippen LogP) is 3.11. The lowest BCUT2D eigenvalue weighted by atomic mass is 9.97. The Bertz CT molecular complexity index is 985. The maximum absolute atomic E-state index is 12.7. The number of nitrogens with zero attached hydrogens (tertiary/aromatic N) is 2. The van der Waals surface area contributed by atoms with Gasteiger partial charge in [-0.1, -0.05) is 24.3 Å². The molecule has 2 unspecified atom stereocenters. The van der Waals surface area contributed by atoms with Crippen LogP contribution in [0.4, 0.5) is 13.2 Å². The Hall–Kier alpha value is -3.49. The maximum atomic E-state index is 12.7. The third-order valence-corrected chi connectivity index (χ3v) is 4.33. The van der Waals surface area contributed by atoms with Crippen molar-refractivity contribution in [2.24, 2.45) is 10.9 Å². The van der Waals surface area contributed by atoms with E-state index in [1.807, 2.05) is 0 Å². The Morgan fingerprint density at radius 1 is 1.11 bits per heavy atom. The van der Waals surface area contributed by atoms with E-state index in [2.05, 4.69) is 15.3 Å². The molecule has 0 saturated heterocycles. The summed E-state index contributed by atoms with van der Waals surface area (Å²) in [5.41, 5.74) is -0.278. The van der Waals surface area contributed by atoms with Crippen molar-refractivity contribution in [3.05, 3.63) is 66.0 Å². The molecule has 1 N–H and O–H groups in total. The van der Waals surface area contributed by atoms with Gasteiger partial charge in [-0.15, -0.1) is 0 Å². The number of nitrogens with one attached hydrogen (secondary N) is 1. The van der Waals surface area contributed by atoms with Crippen LogP contribution in [0.15, 0.2) is 59.7 Å². The molecule has 2 atom stereocenters. The molecule has 3 heterocycles. The van der Waals surface area contributed by atoms with Crippen LogP contribution in [0.2, 0.25) is 0 Å². The minimum absolute atomic E-state index is 0.432. The van der Waals surface area contributed by atoms with Gasteiger partial charge >= 0.3 is 6.18 Å². The molecule has 142 valence electrons. The molecule has 4 rings (SSSR count). The van der Waals surface area contributed by atoms with Gasteiger partial charge in [-0.05, 0) is 24.3 Å². The molecule has 28 heavy (non-hydrogen) atoms. The van der Waals surface area contributed by atoms with E-state index in [1.165, 1.54) is 6.20 Å². The molecule has 6 nitrogen and oxygen atoms in total. The van der Waals surface area contributed by atoms with E-state index in [-0.39, 0.29) is 0 Å². The van der Waals surface area contributed by atoms with E-state index < -0.39 is 35.7 Å². The quantitative estimate of drug-likeness (QED) is 0.803. The first kappa shape index (κ1) is 17.9. The van der Waals surface area contributed by atoms with Crippen LogP contribution in [0, 0.1) is 5.92 Å². The van der Waals surface area contributed by atoms with E-state index in [4.69, 9.17) is 4.74 Å². The number of amides is 2. The zero-order chi connectivity index (χ0) is 19.9. The fraction of sp³-hybridized carbons (Fsp3) is 0.158. The van der Waals surface area contributed by atoms with Gasteiger partial charge in [-0.2, -0.15) is 13.2 Å². The fourth-order valence-electron chi connectivity index (χ4n) is 3.01. The number of halogens is 3. The minimum Gasteiger partial charge on any atom is -0.455 e. The van der Waals surface area contributed by atoms with Crippen LogP contribution in [-0.2, 0) is 9.59 Å². The molecule has 1 aromatic heterocycles. The Labute approximate surface area is 156 Å². The van der Waals surface area contributed by atoms with E-state index in [0.717, 1.165) is 6.08 Å². The third-order valence-electron chi connectivity index (χ3n) is 4.33. The van der Waals surface area contributed by atoms with E-state index in [0.29, 0.717) is 28.8 Å². The number of rotatable bonds is 2. The second-order valence-electron chi connectivity index (χ2n) is 6.14. The maximum Gasteiger partial charge on any atom is 0.433 e. The van der Waals surface area contributed by atoms with Gasteiger partial charge in [-0.25, -0.2) is 4.99 Å². The van der Waals surface area contributed by atoms with Crippen molar-refractivity contribution in [3.63, 3.8) is 0 Å². The smallest absolute Gasteiger partial charge is 0.433 e. The van der Waals surface area contributed by atoms with Crippen molar-refractivity contribution in [2.75, 3.05) is 0 Å². The molecule has 0 bridgehead atoms. The molecular formula is C19H12F3N3O3. The number of aliphatic imine (C=N–C) groups is 1. The second-order valence-corrected chi connectivity index (χ2v) is 6.14. The van der Waals surface area contributed by atoms with Crippen molar-refractivity contribution < 1.29 is 27.5 Å². The summed E-state index contributed by atoms with van der Waals surface area (Å²) in [4.78, 5) is 31.9. The topological polar surface area (TPSA) is 80.7 Å². The molecular weight excluding hydrogens is 375 g/mol. The standard InChI is InChI=1S/C19H12F3N3O3/c20-19(21,22)14-8-7-11(17(26)24-14)18(27)25-15-10-4-1-2-5-12(10)28-13-6-3-9-23-16(13)15/h1-9,11,15H,(H,25,27). The Kier molecular flexibility index (Phi) is 4.21. The summed E-state index contributed by atoms with van der Waals surface area (Å²) in [7, 11) is 0. The lowest BCUT2D eigenvalue weighted by Crippen LogP contribution is -2.40. The predicted molar refractivity (Wildman–Crippen MR) is 91.9 cm³/mol. The first-order valence-electron chi connectivity index (χ1n) is 8.24. The highest BCUT2D eigenvalue weighted by molar-refractivity contribution is 6.14. The zero-order valence-electron chi connectivity index (χ0n) is 14.1. The molecule has 0 spiro atoms. The number of benzene rings is 1. The summed E-state index contributed by atoms with van der Waals surface area (Å²) in [6.45, 7) is 0. The van der Waals surface area contributed by atoms with E-state index >= 15 is 0 Å². The van der Waals surface area contributed by atoms with Gasteiger partial charge in [0.15, 0.2) is 5.75 Å². The van der Waals surface area contributed by atoms with Gasteiger partial charge < -0.3 is 10.1 Å². The lowest BCUT2D eigenvalue weighted by Gasteiger charge is -2.28. The van der Waals surface area contributed by atoms with Gasteiger partial charge in [-0.3, -0.25) is 14.6 Å². The number of hydrogen-bond acceptors (Lipinski definition) is 4. The molecule has 0 saturated carbocycles. The van der Waals surface area contributed by atoms with Crippen LogP contribution in [0.1, 0.15) is 17.3 Å². The highest BCUT2D eigenvalue weighted by atomic mass is 19.4. The monoisotopic (exact) mass is 387 g/mol. The number of carbonyl (C=O) groups excluding carboxylic acids is 2. The Morgan fingerprint density at radius 2 is 1.86 bits per heavy atom. The molecule has 2 amide bonds. The normalized spacial score (nSPS) is 20.5. The molecule has 0 fully saturated rings. The molecule has 2 aliphatic heterocycles. The van der Waals surface area contributed by atoms with Gasteiger partial charge in [0.25, 0.3) is 5.91 Å². The van der Waals surface area contributed by atoms with Crippen molar-refractivity contribution in [3.8, 4) is 11.5 Å². The van der Waals surface area contributed by atoms with E-state index in [9.17, 15) is 22.8 Å².